The average Bonchev–Trinajstić information content (AvgIpc) is 3.16. The highest BCUT2D eigenvalue weighted by Gasteiger charge is 2.15. The SMILES string of the molecule is C[C@H](N[C@@H](C)c1cccc(N2CCCC2)c1)c1cccc(C#N)c1. The minimum atomic E-state index is 0.198. The number of rotatable bonds is 5. The van der Waals surface area contributed by atoms with Crippen LogP contribution in [0.25, 0.3) is 0 Å². The fourth-order valence-corrected chi connectivity index (χ4v) is 3.41. The molecule has 1 N–H and O–H groups in total. The molecule has 0 bridgehead atoms. The summed E-state index contributed by atoms with van der Waals surface area (Å²) in [7, 11) is 0. The van der Waals surface area contributed by atoms with Crippen molar-refractivity contribution in [2.45, 2.75) is 38.8 Å². The summed E-state index contributed by atoms with van der Waals surface area (Å²) in [6.45, 7) is 6.69. The van der Waals surface area contributed by atoms with Crippen LogP contribution >= 0.6 is 0 Å². The highest BCUT2D eigenvalue weighted by molar-refractivity contribution is 5.50. The second kappa shape index (κ2) is 7.51. The molecule has 3 rings (SSSR count). The summed E-state index contributed by atoms with van der Waals surface area (Å²) in [5.74, 6) is 0. The molecule has 0 unspecified atom stereocenters. The standard InChI is InChI=1S/C21H25N3/c1-16(19-8-5-7-18(13-19)15-22)23-17(2)20-9-6-10-21(14-20)24-11-3-4-12-24/h5-10,13-14,16-17,23H,3-4,11-12H2,1-2H3/t16-,17-/m0/s1. The highest BCUT2D eigenvalue weighted by Crippen LogP contribution is 2.25. The summed E-state index contributed by atoms with van der Waals surface area (Å²) in [5, 5.41) is 12.7. The number of nitrogens with zero attached hydrogens (tertiary/aromatic N) is 2. The van der Waals surface area contributed by atoms with Crippen LogP contribution in [0.2, 0.25) is 0 Å². The molecule has 2 atom stereocenters. The first-order valence-corrected chi connectivity index (χ1v) is 8.78. The molecule has 24 heavy (non-hydrogen) atoms. The number of benzene rings is 2. The van der Waals surface area contributed by atoms with E-state index in [4.69, 9.17) is 5.26 Å². The number of anilines is 1. The Labute approximate surface area is 144 Å². The van der Waals surface area contributed by atoms with Crippen LogP contribution in [0.4, 0.5) is 5.69 Å². The van der Waals surface area contributed by atoms with Gasteiger partial charge in [-0.15, -0.1) is 0 Å². The van der Waals surface area contributed by atoms with Crippen LogP contribution in [0.1, 0.15) is 55.5 Å². The predicted molar refractivity (Wildman–Crippen MR) is 99.0 cm³/mol. The fraction of sp³-hybridized carbons (Fsp3) is 0.381. The maximum Gasteiger partial charge on any atom is 0.0991 e. The van der Waals surface area contributed by atoms with E-state index in [0.717, 1.165) is 5.56 Å². The van der Waals surface area contributed by atoms with E-state index in [1.807, 2.05) is 18.2 Å². The molecule has 124 valence electrons. The summed E-state index contributed by atoms with van der Waals surface area (Å²) >= 11 is 0. The van der Waals surface area contributed by atoms with E-state index in [-0.39, 0.29) is 12.1 Å². The van der Waals surface area contributed by atoms with Gasteiger partial charge in [-0.25, -0.2) is 0 Å². The van der Waals surface area contributed by atoms with Crippen LogP contribution in [-0.4, -0.2) is 13.1 Å². The van der Waals surface area contributed by atoms with Gasteiger partial charge in [-0.3, -0.25) is 0 Å². The lowest BCUT2D eigenvalue weighted by atomic mass is 10.0. The van der Waals surface area contributed by atoms with E-state index in [2.05, 4.69) is 60.5 Å². The molecular formula is C21H25N3. The topological polar surface area (TPSA) is 39.1 Å². The largest absolute Gasteiger partial charge is 0.372 e. The van der Waals surface area contributed by atoms with Gasteiger partial charge in [0.25, 0.3) is 0 Å². The third kappa shape index (κ3) is 3.77. The molecule has 0 saturated carbocycles. The van der Waals surface area contributed by atoms with Gasteiger partial charge in [0.1, 0.15) is 0 Å². The molecule has 0 amide bonds. The molecule has 0 spiro atoms. The molecule has 1 heterocycles. The van der Waals surface area contributed by atoms with Crippen molar-refractivity contribution in [3.63, 3.8) is 0 Å². The van der Waals surface area contributed by atoms with Crippen molar-refractivity contribution >= 4 is 5.69 Å². The molecule has 1 saturated heterocycles. The number of nitrogens with one attached hydrogen (secondary N) is 1. The van der Waals surface area contributed by atoms with Crippen LogP contribution in [0.5, 0.6) is 0 Å². The zero-order valence-electron chi connectivity index (χ0n) is 14.5. The fourth-order valence-electron chi connectivity index (χ4n) is 3.41. The van der Waals surface area contributed by atoms with E-state index in [1.54, 1.807) is 0 Å². The molecule has 1 aliphatic rings. The summed E-state index contributed by atoms with van der Waals surface area (Å²) < 4.78 is 0. The number of hydrogen-bond donors (Lipinski definition) is 1. The normalized spacial score (nSPS) is 16.6. The molecular weight excluding hydrogens is 294 g/mol. The van der Waals surface area contributed by atoms with Gasteiger partial charge >= 0.3 is 0 Å². The Kier molecular flexibility index (Phi) is 5.17. The summed E-state index contributed by atoms with van der Waals surface area (Å²) in [6, 6.07) is 19.4. The maximum absolute atomic E-state index is 9.06. The van der Waals surface area contributed by atoms with Gasteiger partial charge in [-0.1, -0.05) is 24.3 Å². The van der Waals surface area contributed by atoms with Crippen molar-refractivity contribution in [3.05, 3.63) is 65.2 Å². The van der Waals surface area contributed by atoms with Gasteiger partial charge in [-0.05, 0) is 62.1 Å². The summed E-state index contributed by atoms with van der Waals surface area (Å²) in [4.78, 5) is 2.47. The van der Waals surface area contributed by atoms with Crippen molar-refractivity contribution in [1.82, 2.24) is 5.32 Å². The molecule has 0 aliphatic carbocycles. The first-order chi connectivity index (χ1) is 11.7. The van der Waals surface area contributed by atoms with E-state index < -0.39 is 0 Å². The second-order valence-corrected chi connectivity index (χ2v) is 6.64. The first-order valence-electron chi connectivity index (χ1n) is 8.78. The lowest BCUT2D eigenvalue weighted by Gasteiger charge is -2.23. The number of nitriles is 1. The van der Waals surface area contributed by atoms with Crippen LogP contribution < -0.4 is 10.2 Å². The van der Waals surface area contributed by atoms with Crippen molar-refractivity contribution in [2.75, 3.05) is 18.0 Å². The molecule has 1 aliphatic heterocycles. The predicted octanol–water partition coefficient (Wildman–Crippen LogP) is 4.57. The Morgan fingerprint density at radius 2 is 1.58 bits per heavy atom. The van der Waals surface area contributed by atoms with Crippen LogP contribution in [-0.2, 0) is 0 Å². The zero-order chi connectivity index (χ0) is 16.9. The Morgan fingerprint density at radius 3 is 2.25 bits per heavy atom. The Hall–Kier alpha value is -2.31. The third-order valence-corrected chi connectivity index (χ3v) is 4.86. The first kappa shape index (κ1) is 16.5. The minimum absolute atomic E-state index is 0.198. The molecule has 3 heteroatoms. The lowest BCUT2D eigenvalue weighted by Crippen LogP contribution is -2.23. The van der Waals surface area contributed by atoms with Crippen molar-refractivity contribution in [3.8, 4) is 6.07 Å². The van der Waals surface area contributed by atoms with Gasteiger partial charge in [0.05, 0.1) is 11.6 Å². The van der Waals surface area contributed by atoms with Crippen LogP contribution in [0, 0.1) is 11.3 Å². The van der Waals surface area contributed by atoms with Gasteiger partial charge in [0, 0.05) is 30.9 Å². The number of hydrogen-bond acceptors (Lipinski definition) is 3. The Bertz CT molecular complexity index is 726. The Morgan fingerprint density at radius 1 is 0.958 bits per heavy atom. The van der Waals surface area contributed by atoms with Crippen LogP contribution in [0.3, 0.4) is 0 Å². The smallest absolute Gasteiger partial charge is 0.0991 e. The molecule has 2 aromatic carbocycles. The molecule has 3 nitrogen and oxygen atoms in total. The Balaban J connectivity index is 1.71. The van der Waals surface area contributed by atoms with Crippen molar-refractivity contribution in [1.29, 1.82) is 5.26 Å². The van der Waals surface area contributed by atoms with Gasteiger partial charge < -0.3 is 10.2 Å². The van der Waals surface area contributed by atoms with Gasteiger partial charge in [0.2, 0.25) is 0 Å². The highest BCUT2D eigenvalue weighted by atomic mass is 15.1. The molecule has 0 aromatic heterocycles. The summed E-state index contributed by atoms with van der Waals surface area (Å²) in [5.41, 5.74) is 4.50. The van der Waals surface area contributed by atoms with Crippen LogP contribution in [0.15, 0.2) is 48.5 Å². The third-order valence-electron chi connectivity index (χ3n) is 4.86. The molecule has 0 radical (unpaired) electrons. The minimum Gasteiger partial charge on any atom is -0.372 e. The van der Waals surface area contributed by atoms with Crippen molar-refractivity contribution in [2.24, 2.45) is 0 Å². The van der Waals surface area contributed by atoms with E-state index in [9.17, 15) is 0 Å². The maximum atomic E-state index is 9.06. The average molecular weight is 319 g/mol. The zero-order valence-corrected chi connectivity index (χ0v) is 14.5. The quantitative estimate of drug-likeness (QED) is 0.877. The van der Waals surface area contributed by atoms with E-state index in [1.165, 1.54) is 37.2 Å². The molecule has 1 fully saturated rings. The van der Waals surface area contributed by atoms with Gasteiger partial charge in [0.15, 0.2) is 0 Å². The van der Waals surface area contributed by atoms with E-state index >= 15 is 0 Å². The van der Waals surface area contributed by atoms with Crippen molar-refractivity contribution < 1.29 is 0 Å². The lowest BCUT2D eigenvalue weighted by molar-refractivity contribution is 0.494. The molecule has 2 aromatic rings. The van der Waals surface area contributed by atoms with E-state index in [0.29, 0.717) is 5.56 Å². The second-order valence-electron chi connectivity index (χ2n) is 6.64. The summed E-state index contributed by atoms with van der Waals surface area (Å²) in [6.07, 6.45) is 2.59. The van der Waals surface area contributed by atoms with Gasteiger partial charge in [-0.2, -0.15) is 5.26 Å². The monoisotopic (exact) mass is 319 g/mol.